The molecule has 0 atom stereocenters. The van der Waals surface area contributed by atoms with E-state index in [0.29, 0.717) is 16.4 Å². The van der Waals surface area contributed by atoms with Crippen LogP contribution in [0.5, 0.6) is 0 Å². The second-order valence-corrected chi connectivity index (χ2v) is 7.03. The van der Waals surface area contributed by atoms with Gasteiger partial charge in [-0.05, 0) is 5.23 Å². The first kappa shape index (κ1) is 20.6. The van der Waals surface area contributed by atoms with Crippen molar-refractivity contribution < 1.29 is 44.0 Å². The zero-order chi connectivity index (χ0) is 18.7. The molecule has 1 N–H and O–H groups in total. The van der Waals surface area contributed by atoms with Crippen LogP contribution in [-0.2, 0) is 14.2 Å². The molecule has 0 bridgehead atoms. The number of hydrazine groups is 1. The average Bonchev–Trinajstić information content (AvgIpc) is 2.44. The van der Waals surface area contributed by atoms with Gasteiger partial charge in [0.05, 0.1) is 40.6 Å². The Hall–Kier alpha value is -1.46. The van der Waals surface area contributed by atoms with Crippen LogP contribution in [0.25, 0.3) is 0 Å². The number of nitrogens with one attached hydrogen (secondary N) is 1. The number of halogens is 6. The summed E-state index contributed by atoms with van der Waals surface area (Å²) < 4.78 is 75.5. The summed E-state index contributed by atoms with van der Waals surface area (Å²) in [6, 6.07) is 0. The molecule has 0 spiro atoms. The summed E-state index contributed by atoms with van der Waals surface area (Å²) in [5, 5.41) is 6.12. The van der Waals surface area contributed by atoms with E-state index < -0.39 is 7.81 Å². The Kier molecular flexibility index (Phi) is 5.25. The van der Waals surface area contributed by atoms with E-state index in [1.807, 2.05) is 0 Å². The molecule has 2 heterocycles. The van der Waals surface area contributed by atoms with Crippen molar-refractivity contribution in [2.75, 3.05) is 47.6 Å². The van der Waals surface area contributed by atoms with E-state index in [4.69, 9.17) is 14.2 Å². The molecule has 0 aliphatic carbocycles. The standard InChI is InChI=1S/C10H19N4O3.F6P/c1-14(4-6-17-7-5-14)13-11-9(15-2)8-10(12-13)16-3;1-7(2,3,4,5)6/h8,11H,4-7H2,1-3H3;/q+1;-1. The first-order valence-corrected chi connectivity index (χ1v) is 8.60. The summed E-state index contributed by atoms with van der Waals surface area (Å²) in [6.07, 6.45) is 1.71. The van der Waals surface area contributed by atoms with Crippen LogP contribution in [0.4, 0.5) is 25.2 Å². The molecule has 144 valence electrons. The fourth-order valence-corrected chi connectivity index (χ4v) is 1.75. The van der Waals surface area contributed by atoms with Crippen molar-refractivity contribution in [2.24, 2.45) is 5.10 Å². The van der Waals surface area contributed by atoms with Crippen LogP contribution in [0.15, 0.2) is 17.1 Å². The molecule has 0 aromatic heterocycles. The molecule has 0 radical (unpaired) electrons. The normalized spacial score (nSPS) is 23.3. The van der Waals surface area contributed by atoms with E-state index in [-0.39, 0.29) is 0 Å². The van der Waals surface area contributed by atoms with Gasteiger partial charge in [-0.3, -0.25) is 0 Å². The predicted octanol–water partition coefficient (Wildman–Crippen LogP) is 3.03. The Balaban J connectivity index is 0.000000351. The van der Waals surface area contributed by atoms with Crippen molar-refractivity contribution in [3.63, 3.8) is 0 Å². The van der Waals surface area contributed by atoms with Crippen molar-refractivity contribution in [2.45, 2.75) is 0 Å². The van der Waals surface area contributed by atoms with E-state index in [0.717, 1.165) is 26.3 Å². The Morgan fingerprint density at radius 2 is 1.62 bits per heavy atom. The molecule has 1 fully saturated rings. The SMILES string of the molecule is COC1=CC(OC)=NN([N+]2(C)CCOCC2)N1.F[P-](F)(F)(F)(F)F. The molecule has 2 aliphatic heterocycles. The van der Waals surface area contributed by atoms with Crippen LogP contribution in [0.1, 0.15) is 0 Å². The number of rotatable bonds is 2. The molecule has 0 saturated carbocycles. The van der Waals surface area contributed by atoms with Gasteiger partial charge in [-0.15, -0.1) is 0 Å². The van der Waals surface area contributed by atoms with E-state index in [1.165, 1.54) is 0 Å². The quantitative estimate of drug-likeness (QED) is 0.448. The predicted molar refractivity (Wildman–Crippen MR) is 74.8 cm³/mol. The average molecular weight is 388 g/mol. The Labute approximate surface area is 134 Å². The molecule has 0 aromatic rings. The topological polar surface area (TPSA) is 55.3 Å². The van der Waals surface area contributed by atoms with Gasteiger partial charge in [0.25, 0.3) is 0 Å². The third-order valence-electron chi connectivity index (χ3n) is 2.98. The molecule has 24 heavy (non-hydrogen) atoms. The van der Waals surface area contributed by atoms with E-state index in [1.54, 1.807) is 25.5 Å². The molecule has 7 nitrogen and oxygen atoms in total. The summed E-state index contributed by atoms with van der Waals surface area (Å²) in [7, 11) is -5.37. The van der Waals surface area contributed by atoms with Gasteiger partial charge < -0.3 is 14.2 Å². The number of hydrogen-bond donors (Lipinski definition) is 1. The number of methoxy groups -OCH3 is 2. The molecule has 0 aromatic carbocycles. The number of hydrogen-bond acceptors (Lipinski definition) is 6. The number of nitrogens with zero attached hydrogens (tertiary/aromatic N) is 3. The zero-order valence-electron chi connectivity index (χ0n) is 13.2. The van der Waals surface area contributed by atoms with Crippen LogP contribution in [-0.4, -0.2) is 63.3 Å². The van der Waals surface area contributed by atoms with Crippen LogP contribution >= 0.6 is 7.81 Å². The maximum atomic E-state index is 9.87. The second kappa shape index (κ2) is 6.12. The fraction of sp³-hybridized carbons (Fsp3) is 0.700. The van der Waals surface area contributed by atoms with Gasteiger partial charge >= 0.3 is 33.0 Å². The zero-order valence-corrected chi connectivity index (χ0v) is 14.1. The molecule has 0 unspecified atom stereocenters. The van der Waals surface area contributed by atoms with E-state index in [2.05, 4.69) is 17.6 Å². The number of ether oxygens (including phenoxy) is 3. The van der Waals surface area contributed by atoms with Gasteiger partial charge in [0, 0.05) is 0 Å². The van der Waals surface area contributed by atoms with Crippen LogP contribution in [0, 0.1) is 0 Å². The molecule has 0 amide bonds. The van der Waals surface area contributed by atoms with Gasteiger partial charge in [-0.1, -0.05) is 5.10 Å². The summed E-state index contributed by atoms with van der Waals surface area (Å²) in [4.78, 5) is 0. The first-order valence-electron chi connectivity index (χ1n) is 6.57. The number of morpholine rings is 1. The van der Waals surface area contributed by atoms with Crippen molar-refractivity contribution in [3.8, 4) is 0 Å². The molecule has 1 saturated heterocycles. The van der Waals surface area contributed by atoms with Gasteiger partial charge in [0.1, 0.15) is 13.1 Å². The van der Waals surface area contributed by atoms with Gasteiger partial charge in [0.15, 0.2) is 0 Å². The van der Waals surface area contributed by atoms with Crippen LogP contribution in [0.2, 0.25) is 0 Å². The number of quaternary nitrogens is 1. The maximum absolute atomic E-state index is 10.7. The molecular weight excluding hydrogens is 369 g/mol. The van der Waals surface area contributed by atoms with Crippen molar-refractivity contribution >= 4 is 13.7 Å². The number of hydrazone groups is 1. The van der Waals surface area contributed by atoms with Crippen LogP contribution < -0.4 is 5.43 Å². The summed E-state index contributed by atoms with van der Waals surface area (Å²) in [6.45, 7) is 3.14. The third kappa shape index (κ3) is 8.41. The second-order valence-electron chi connectivity index (χ2n) is 5.11. The molecule has 2 rings (SSSR count). The van der Waals surface area contributed by atoms with Gasteiger partial charge in [0.2, 0.25) is 11.8 Å². The van der Waals surface area contributed by atoms with Crippen molar-refractivity contribution in [1.29, 1.82) is 0 Å². The molecule has 14 heteroatoms. The minimum atomic E-state index is -10.7. The summed E-state index contributed by atoms with van der Waals surface area (Å²) in [5.74, 6) is 1.13. The first-order chi connectivity index (χ1) is 10.6. The van der Waals surface area contributed by atoms with Gasteiger partial charge in [-0.25, -0.2) is 5.43 Å². The van der Waals surface area contributed by atoms with Crippen molar-refractivity contribution in [3.05, 3.63) is 12.0 Å². The summed E-state index contributed by atoms with van der Waals surface area (Å²) in [5.41, 5.74) is 3.10. The Morgan fingerprint density at radius 3 is 2.04 bits per heavy atom. The van der Waals surface area contributed by atoms with E-state index >= 15 is 0 Å². The molecular formula is C10H19F6N4O3P. The number of likely N-dealkylation sites (N-methyl/N-ethyl adjacent to an activating group) is 1. The monoisotopic (exact) mass is 388 g/mol. The van der Waals surface area contributed by atoms with E-state index in [9.17, 15) is 25.2 Å². The minimum absolute atomic E-state index is 0.520. The van der Waals surface area contributed by atoms with Gasteiger partial charge in [-0.2, -0.15) is 4.59 Å². The Bertz CT molecular complexity index is 506. The van der Waals surface area contributed by atoms with Crippen molar-refractivity contribution in [1.82, 2.24) is 10.7 Å². The third-order valence-corrected chi connectivity index (χ3v) is 2.98. The fourth-order valence-electron chi connectivity index (χ4n) is 1.75. The summed E-state index contributed by atoms with van der Waals surface area (Å²) >= 11 is 0. The molecule has 2 aliphatic rings. The Morgan fingerprint density at radius 1 is 1.12 bits per heavy atom. The van der Waals surface area contributed by atoms with Crippen LogP contribution in [0.3, 0.4) is 0 Å².